The average Bonchev–Trinajstić information content (AvgIpc) is 2.30. The highest BCUT2D eigenvalue weighted by Crippen LogP contribution is 2.31. The molecule has 0 amide bonds. The van der Waals surface area contributed by atoms with Gasteiger partial charge in [-0.15, -0.1) is 0 Å². The van der Waals surface area contributed by atoms with Crippen LogP contribution in [0, 0.1) is 0 Å². The van der Waals surface area contributed by atoms with Gasteiger partial charge in [-0.3, -0.25) is 0 Å². The van der Waals surface area contributed by atoms with Crippen LogP contribution in [0.1, 0.15) is 24.3 Å². The van der Waals surface area contributed by atoms with Crippen LogP contribution >= 0.6 is 0 Å². The molecule has 82 valence electrons. The van der Waals surface area contributed by atoms with E-state index in [-0.39, 0.29) is 0 Å². The molecule has 0 aromatic carbocycles. The van der Waals surface area contributed by atoms with Gasteiger partial charge in [0.2, 0.25) is 5.88 Å². The molecule has 1 atom stereocenters. The molecule has 2 rings (SSSR count). The van der Waals surface area contributed by atoms with Crippen molar-refractivity contribution < 1.29 is 9.47 Å². The second-order valence-corrected chi connectivity index (χ2v) is 3.78. The Bertz CT molecular complexity index is 335. The predicted molar refractivity (Wildman–Crippen MR) is 58.0 cm³/mol. The number of nitrogens with zero attached hydrogens (tertiary/aromatic N) is 1. The summed E-state index contributed by atoms with van der Waals surface area (Å²) in [6.45, 7) is 1.59. The smallest absolute Gasteiger partial charge is 0.216 e. The number of ether oxygens (including phenoxy) is 2. The van der Waals surface area contributed by atoms with Crippen molar-refractivity contribution in [2.24, 2.45) is 0 Å². The summed E-state index contributed by atoms with van der Waals surface area (Å²) < 4.78 is 10.7. The lowest BCUT2D eigenvalue weighted by Crippen LogP contribution is -2.16. The van der Waals surface area contributed by atoms with E-state index in [9.17, 15) is 0 Å². The molecule has 2 N–H and O–H groups in total. The molecule has 4 heteroatoms. The molecule has 1 aliphatic heterocycles. The van der Waals surface area contributed by atoms with E-state index >= 15 is 0 Å². The summed E-state index contributed by atoms with van der Waals surface area (Å²) in [6, 6.07) is 1.94. The summed E-state index contributed by atoms with van der Waals surface area (Å²) in [5.41, 5.74) is 7.47. The van der Waals surface area contributed by atoms with E-state index in [0.29, 0.717) is 17.5 Å². The molecule has 2 heterocycles. The van der Waals surface area contributed by atoms with E-state index in [1.807, 2.05) is 6.07 Å². The zero-order chi connectivity index (χ0) is 10.7. The molecule has 4 nitrogen and oxygen atoms in total. The Morgan fingerprint density at radius 1 is 1.60 bits per heavy atom. The van der Waals surface area contributed by atoms with Gasteiger partial charge >= 0.3 is 0 Å². The zero-order valence-corrected chi connectivity index (χ0v) is 8.90. The van der Waals surface area contributed by atoms with Crippen molar-refractivity contribution in [3.05, 3.63) is 17.8 Å². The van der Waals surface area contributed by atoms with Crippen LogP contribution in [-0.2, 0) is 4.74 Å². The average molecular weight is 208 g/mol. The van der Waals surface area contributed by atoms with E-state index in [0.717, 1.165) is 31.6 Å². The van der Waals surface area contributed by atoms with Gasteiger partial charge in [0, 0.05) is 18.1 Å². The van der Waals surface area contributed by atoms with Gasteiger partial charge in [0.1, 0.15) is 0 Å². The fourth-order valence-corrected chi connectivity index (χ4v) is 1.94. The molecule has 0 saturated carbocycles. The van der Waals surface area contributed by atoms with Crippen LogP contribution in [0.5, 0.6) is 5.88 Å². The molecule has 1 aromatic heterocycles. The molecule has 0 spiro atoms. The van der Waals surface area contributed by atoms with Gasteiger partial charge in [-0.1, -0.05) is 0 Å². The van der Waals surface area contributed by atoms with Gasteiger partial charge in [-0.2, -0.15) is 0 Å². The number of hydrogen-bond acceptors (Lipinski definition) is 4. The van der Waals surface area contributed by atoms with Crippen LogP contribution < -0.4 is 10.5 Å². The maximum atomic E-state index is 5.73. The Balaban J connectivity index is 2.27. The number of hydrogen-bond donors (Lipinski definition) is 1. The fourth-order valence-electron chi connectivity index (χ4n) is 1.94. The van der Waals surface area contributed by atoms with Gasteiger partial charge in [0.05, 0.1) is 25.6 Å². The minimum absolute atomic E-state index is 0.365. The number of nitrogens with two attached hydrogens (primary N) is 1. The van der Waals surface area contributed by atoms with Crippen LogP contribution in [-0.4, -0.2) is 25.3 Å². The van der Waals surface area contributed by atoms with Gasteiger partial charge in [-0.05, 0) is 18.9 Å². The van der Waals surface area contributed by atoms with Crippen LogP contribution in [0.15, 0.2) is 12.3 Å². The molecular weight excluding hydrogens is 192 g/mol. The lowest BCUT2D eigenvalue weighted by Gasteiger charge is -2.23. The van der Waals surface area contributed by atoms with Crippen molar-refractivity contribution in [2.75, 3.05) is 26.1 Å². The van der Waals surface area contributed by atoms with E-state index in [1.54, 1.807) is 13.3 Å². The number of anilines is 1. The zero-order valence-electron chi connectivity index (χ0n) is 8.90. The molecule has 1 saturated heterocycles. The lowest BCUT2D eigenvalue weighted by atomic mass is 9.94. The van der Waals surface area contributed by atoms with E-state index in [1.165, 1.54) is 0 Å². The molecule has 0 aliphatic carbocycles. The van der Waals surface area contributed by atoms with Crippen molar-refractivity contribution in [3.63, 3.8) is 0 Å². The first kappa shape index (κ1) is 10.2. The summed E-state index contributed by atoms with van der Waals surface area (Å²) in [5, 5.41) is 0. The Hall–Kier alpha value is -1.29. The lowest BCUT2D eigenvalue weighted by molar-refractivity contribution is 0.0795. The maximum absolute atomic E-state index is 5.73. The highest BCUT2D eigenvalue weighted by atomic mass is 16.5. The summed E-state index contributed by atoms with van der Waals surface area (Å²) in [7, 11) is 1.63. The molecule has 0 radical (unpaired) electrons. The Kier molecular flexibility index (Phi) is 3.06. The molecule has 1 unspecified atom stereocenters. The summed E-state index contributed by atoms with van der Waals surface area (Å²) in [4.78, 5) is 4.17. The SMILES string of the molecule is COc1ncc(N)cc1C1CCCOC1. The molecule has 1 aliphatic rings. The van der Waals surface area contributed by atoms with E-state index < -0.39 is 0 Å². The number of rotatable bonds is 2. The number of pyridine rings is 1. The molecular formula is C11H16N2O2. The highest BCUT2D eigenvalue weighted by molar-refractivity contribution is 5.44. The van der Waals surface area contributed by atoms with Gasteiger partial charge < -0.3 is 15.2 Å². The topological polar surface area (TPSA) is 57.4 Å². The van der Waals surface area contributed by atoms with E-state index in [2.05, 4.69) is 4.98 Å². The number of methoxy groups -OCH3 is 1. The van der Waals surface area contributed by atoms with Crippen molar-refractivity contribution in [2.45, 2.75) is 18.8 Å². The highest BCUT2D eigenvalue weighted by Gasteiger charge is 2.20. The number of nitrogen functional groups attached to an aromatic ring is 1. The summed E-state index contributed by atoms with van der Waals surface area (Å²) >= 11 is 0. The summed E-state index contributed by atoms with van der Waals surface area (Å²) in [6.07, 6.45) is 3.82. The third-order valence-corrected chi connectivity index (χ3v) is 2.69. The van der Waals surface area contributed by atoms with Crippen molar-refractivity contribution >= 4 is 5.69 Å². The first-order valence-corrected chi connectivity index (χ1v) is 5.18. The van der Waals surface area contributed by atoms with Gasteiger partial charge in [0.15, 0.2) is 0 Å². The van der Waals surface area contributed by atoms with E-state index in [4.69, 9.17) is 15.2 Å². The van der Waals surface area contributed by atoms with Crippen LogP contribution in [0.2, 0.25) is 0 Å². The predicted octanol–water partition coefficient (Wildman–Crippen LogP) is 1.57. The minimum atomic E-state index is 0.365. The molecule has 0 bridgehead atoms. The quantitative estimate of drug-likeness (QED) is 0.801. The normalized spacial score (nSPS) is 21.3. The van der Waals surface area contributed by atoms with Crippen molar-refractivity contribution in [3.8, 4) is 5.88 Å². The molecule has 1 aromatic rings. The van der Waals surface area contributed by atoms with Crippen LogP contribution in [0.4, 0.5) is 5.69 Å². The third kappa shape index (κ3) is 2.21. The monoisotopic (exact) mass is 208 g/mol. The Morgan fingerprint density at radius 3 is 3.13 bits per heavy atom. The van der Waals surface area contributed by atoms with Gasteiger partial charge in [-0.25, -0.2) is 4.98 Å². The van der Waals surface area contributed by atoms with Gasteiger partial charge in [0.25, 0.3) is 0 Å². The van der Waals surface area contributed by atoms with Crippen molar-refractivity contribution in [1.29, 1.82) is 0 Å². The Labute approximate surface area is 89.4 Å². The molecule has 15 heavy (non-hydrogen) atoms. The summed E-state index contributed by atoms with van der Waals surface area (Å²) in [5.74, 6) is 1.03. The standard InChI is InChI=1S/C11H16N2O2/c1-14-11-10(5-9(12)6-13-11)8-3-2-4-15-7-8/h5-6,8H,2-4,7,12H2,1H3. The second kappa shape index (κ2) is 4.49. The molecule has 1 fully saturated rings. The first-order valence-electron chi connectivity index (χ1n) is 5.18. The Morgan fingerprint density at radius 2 is 2.47 bits per heavy atom. The fraction of sp³-hybridized carbons (Fsp3) is 0.545. The minimum Gasteiger partial charge on any atom is -0.481 e. The van der Waals surface area contributed by atoms with Crippen molar-refractivity contribution in [1.82, 2.24) is 4.98 Å². The second-order valence-electron chi connectivity index (χ2n) is 3.78. The number of aromatic nitrogens is 1. The third-order valence-electron chi connectivity index (χ3n) is 2.69. The van der Waals surface area contributed by atoms with Crippen LogP contribution in [0.25, 0.3) is 0 Å². The first-order chi connectivity index (χ1) is 7.31. The largest absolute Gasteiger partial charge is 0.481 e. The van der Waals surface area contributed by atoms with Crippen LogP contribution in [0.3, 0.4) is 0 Å². The maximum Gasteiger partial charge on any atom is 0.216 e.